The number of rotatable bonds is 4. The molecular formula is C11H20N2OS. The molecule has 0 atom stereocenters. The fourth-order valence-electron chi connectivity index (χ4n) is 1.73. The average Bonchev–Trinajstić information content (AvgIpc) is 2.66. The Kier molecular flexibility index (Phi) is 4.08. The summed E-state index contributed by atoms with van der Waals surface area (Å²) in [7, 11) is 0. The number of nitrogens with two attached hydrogens (primary N) is 1. The standard InChI is InChI=1S/C11H20N2OS/c1-11(2,10(12)15)7-13-9(14)8-5-3-4-6-8/h8H,3-7H2,1-2H3,(H2,12,15)(H,13,14). The third-order valence-corrected chi connectivity index (χ3v) is 3.65. The SMILES string of the molecule is CC(C)(CNC(=O)C1CCCC1)C(N)=S. The van der Waals surface area contributed by atoms with E-state index in [1.165, 1.54) is 12.8 Å². The van der Waals surface area contributed by atoms with Crippen LogP contribution >= 0.6 is 12.2 Å². The summed E-state index contributed by atoms with van der Waals surface area (Å²) >= 11 is 4.94. The lowest BCUT2D eigenvalue weighted by Crippen LogP contribution is -2.43. The first-order chi connectivity index (χ1) is 6.93. The molecule has 15 heavy (non-hydrogen) atoms. The molecule has 1 amide bonds. The highest BCUT2D eigenvalue weighted by Gasteiger charge is 2.26. The monoisotopic (exact) mass is 228 g/mol. The third kappa shape index (κ3) is 3.45. The molecule has 0 aromatic heterocycles. The molecule has 0 aliphatic heterocycles. The van der Waals surface area contributed by atoms with Crippen LogP contribution in [0, 0.1) is 11.3 Å². The van der Waals surface area contributed by atoms with E-state index in [9.17, 15) is 4.79 Å². The first kappa shape index (κ1) is 12.4. The zero-order chi connectivity index (χ0) is 11.5. The number of carbonyl (C=O) groups is 1. The van der Waals surface area contributed by atoms with E-state index >= 15 is 0 Å². The summed E-state index contributed by atoms with van der Waals surface area (Å²) in [6.07, 6.45) is 4.41. The summed E-state index contributed by atoms with van der Waals surface area (Å²) in [4.78, 5) is 12.2. The summed E-state index contributed by atoms with van der Waals surface area (Å²) in [5, 5.41) is 2.94. The highest BCUT2D eigenvalue weighted by Crippen LogP contribution is 2.25. The first-order valence-corrected chi connectivity index (χ1v) is 5.92. The third-order valence-electron chi connectivity index (χ3n) is 3.10. The second-order valence-electron chi connectivity index (χ2n) is 4.95. The summed E-state index contributed by atoms with van der Waals surface area (Å²) in [6.45, 7) is 4.44. The molecule has 0 aromatic carbocycles. The van der Waals surface area contributed by atoms with Crippen LogP contribution in [0.4, 0.5) is 0 Å². The second-order valence-corrected chi connectivity index (χ2v) is 5.39. The fraction of sp³-hybridized carbons (Fsp3) is 0.818. The van der Waals surface area contributed by atoms with Crippen LogP contribution in [-0.2, 0) is 4.79 Å². The maximum absolute atomic E-state index is 11.7. The molecule has 0 aromatic rings. The lowest BCUT2D eigenvalue weighted by Gasteiger charge is -2.24. The van der Waals surface area contributed by atoms with E-state index in [2.05, 4.69) is 5.32 Å². The van der Waals surface area contributed by atoms with Gasteiger partial charge in [0, 0.05) is 17.9 Å². The minimum Gasteiger partial charge on any atom is -0.393 e. The van der Waals surface area contributed by atoms with Gasteiger partial charge in [-0.05, 0) is 12.8 Å². The van der Waals surface area contributed by atoms with Gasteiger partial charge in [-0.15, -0.1) is 0 Å². The van der Waals surface area contributed by atoms with E-state index in [-0.39, 0.29) is 17.2 Å². The van der Waals surface area contributed by atoms with Gasteiger partial charge in [0.15, 0.2) is 0 Å². The van der Waals surface area contributed by atoms with Crippen LogP contribution in [0.15, 0.2) is 0 Å². The van der Waals surface area contributed by atoms with Gasteiger partial charge in [-0.1, -0.05) is 38.9 Å². The average molecular weight is 228 g/mol. The number of carbonyl (C=O) groups excluding carboxylic acids is 1. The molecule has 1 fully saturated rings. The Labute approximate surface area is 96.8 Å². The van der Waals surface area contributed by atoms with Gasteiger partial charge in [0.05, 0.1) is 4.99 Å². The van der Waals surface area contributed by atoms with Crippen LogP contribution in [0.2, 0.25) is 0 Å². The van der Waals surface area contributed by atoms with Crippen LogP contribution in [0.25, 0.3) is 0 Å². The van der Waals surface area contributed by atoms with Crippen molar-refractivity contribution in [1.29, 1.82) is 0 Å². The minimum atomic E-state index is -0.288. The van der Waals surface area contributed by atoms with E-state index in [1.807, 2.05) is 13.8 Å². The van der Waals surface area contributed by atoms with Crippen molar-refractivity contribution in [3.8, 4) is 0 Å². The van der Waals surface area contributed by atoms with Crippen molar-refractivity contribution in [2.75, 3.05) is 6.54 Å². The zero-order valence-electron chi connectivity index (χ0n) is 9.51. The van der Waals surface area contributed by atoms with Crippen molar-refractivity contribution in [3.63, 3.8) is 0 Å². The summed E-state index contributed by atoms with van der Waals surface area (Å²) in [6, 6.07) is 0. The van der Waals surface area contributed by atoms with Crippen molar-refractivity contribution in [2.24, 2.45) is 17.1 Å². The van der Waals surface area contributed by atoms with E-state index in [1.54, 1.807) is 0 Å². The van der Waals surface area contributed by atoms with E-state index in [4.69, 9.17) is 18.0 Å². The normalized spacial score (nSPS) is 17.7. The Bertz CT molecular complexity index is 257. The van der Waals surface area contributed by atoms with Crippen molar-refractivity contribution in [3.05, 3.63) is 0 Å². The van der Waals surface area contributed by atoms with Crippen molar-refractivity contribution < 1.29 is 4.79 Å². The maximum Gasteiger partial charge on any atom is 0.223 e. The largest absolute Gasteiger partial charge is 0.393 e. The van der Waals surface area contributed by atoms with Crippen LogP contribution in [0.5, 0.6) is 0 Å². The molecule has 86 valence electrons. The van der Waals surface area contributed by atoms with Gasteiger partial charge in [0.2, 0.25) is 5.91 Å². The first-order valence-electron chi connectivity index (χ1n) is 5.51. The van der Waals surface area contributed by atoms with Gasteiger partial charge in [0.1, 0.15) is 0 Å². The Morgan fingerprint density at radius 1 is 1.47 bits per heavy atom. The summed E-state index contributed by atoms with van der Waals surface area (Å²) in [5.41, 5.74) is 5.30. The smallest absolute Gasteiger partial charge is 0.223 e. The molecule has 0 spiro atoms. The van der Waals surface area contributed by atoms with E-state index in [0.717, 1.165) is 12.8 Å². The number of hydrogen-bond donors (Lipinski definition) is 2. The van der Waals surface area contributed by atoms with Crippen molar-refractivity contribution >= 4 is 23.1 Å². The molecule has 0 saturated heterocycles. The van der Waals surface area contributed by atoms with Gasteiger partial charge in [-0.3, -0.25) is 4.79 Å². The highest BCUT2D eigenvalue weighted by molar-refractivity contribution is 7.80. The molecule has 1 aliphatic carbocycles. The molecule has 0 bridgehead atoms. The number of thiocarbonyl (C=S) groups is 1. The van der Waals surface area contributed by atoms with E-state index < -0.39 is 0 Å². The molecular weight excluding hydrogens is 208 g/mol. The molecule has 0 radical (unpaired) electrons. The van der Waals surface area contributed by atoms with Crippen LogP contribution in [0.1, 0.15) is 39.5 Å². The lowest BCUT2D eigenvalue weighted by atomic mass is 9.93. The fourth-order valence-corrected chi connectivity index (χ4v) is 1.80. The quantitative estimate of drug-likeness (QED) is 0.719. The molecule has 3 N–H and O–H groups in total. The number of amides is 1. The summed E-state index contributed by atoms with van der Waals surface area (Å²) in [5.74, 6) is 0.379. The Hall–Kier alpha value is -0.640. The van der Waals surface area contributed by atoms with Gasteiger partial charge < -0.3 is 11.1 Å². The summed E-state index contributed by atoms with van der Waals surface area (Å²) < 4.78 is 0. The van der Waals surface area contributed by atoms with Gasteiger partial charge >= 0.3 is 0 Å². The molecule has 0 unspecified atom stereocenters. The molecule has 1 aliphatic rings. The van der Waals surface area contributed by atoms with Crippen molar-refractivity contribution in [1.82, 2.24) is 5.32 Å². The molecule has 1 saturated carbocycles. The lowest BCUT2D eigenvalue weighted by molar-refractivity contribution is -0.125. The molecule has 4 heteroatoms. The van der Waals surface area contributed by atoms with Crippen molar-refractivity contribution in [2.45, 2.75) is 39.5 Å². The van der Waals surface area contributed by atoms with Crippen LogP contribution < -0.4 is 11.1 Å². The zero-order valence-corrected chi connectivity index (χ0v) is 10.3. The Morgan fingerprint density at radius 3 is 2.47 bits per heavy atom. The second kappa shape index (κ2) is 4.92. The topological polar surface area (TPSA) is 55.1 Å². The maximum atomic E-state index is 11.7. The molecule has 1 rings (SSSR count). The number of nitrogens with one attached hydrogen (secondary N) is 1. The predicted molar refractivity (Wildman–Crippen MR) is 65.5 cm³/mol. The Balaban J connectivity index is 2.36. The predicted octanol–water partition coefficient (Wildman–Crippen LogP) is 1.61. The van der Waals surface area contributed by atoms with E-state index in [0.29, 0.717) is 11.5 Å². The minimum absolute atomic E-state index is 0.164. The van der Waals surface area contributed by atoms with Gasteiger partial charge in [-0.2, -0.15) is 0 Å². The molecule has 3 nitrogen and oxygen atoms in total. The Morgan fingerprint density at radius 2 is 2.00 bits per heavy atom. The van der Waals surface area contributed by atoms with Crippen LogP contribution in [-0.4, -0.2) is 17.4 Å². The highest BCUT2D eigenvalue weighted by atomic mass is 32.1. The van der Waals surface area contributed by atoms with Gasteiger partial charge in [0.25, 0.3) is 0 Å². The molecule has 0 heterocycles. The number of hydrogen-bond acceptors (Lipinski definition) is 2. The van der Waals surface area contributed by atoms with Crippen LogP contribution in [0.3, 0.4) is 0 Å². The van der Waals surface area contributed by atoms with Gasteiger partial charge in [-0.25, -0.2) is 0 Å².